The van der Waals surface area contributed by atoms with Gasteiger partial charge in [-0.05, 0) is 66.4 Å². The lowest BCUT2D eigenvalue weighted by Crippen LogP contribution is -2.58. The first-order valence-corrected chi connectivity index (χ1v) is 19.1. The van der Waals surface area contributed by atoms with E-state index in [1.807, 2.05) is 133 Å². The third-order valence-corrected chi connectivity index (χ3v) is 9.40. The molecule has 54 heavy (non-hydrogen) atoms. The maximum absolute atomic E-state index is 13.2. The van der Waals surface area contributed by atoms with E-state index in [0.29, 0.717) is 15.7 Å². The number of nitrogens with zero attached hydrogens (tertiary/aromatic N) is 4. The summed E-state index contributed by atoms with van der Waals surface area (Å²) in [5.74, 6) is -0.167. The molecule has 2 aliphatic rings. The molecular formula is C43H58N7O4+. The van der Waals surface area contributed by atoms with Crippen LogP contribution in [0.2, 0.25) is 0 Å². The van der Waals surface area contributed by atoms with Crippen LogP contribution in [0.5, 0.6) is 0 Å². The van der Waals surface area contributed by atoms with Crippen molar-refractivity contribution < 1.29 is 23.5 Å². The zero-order chi connectivity index (χ0) is 38.9. The molecule has 1 amide bonds. The standard InChI is InChI=1S/C39H45N7O4.2C2H6/c1-28-11-16-34(24-36(28)44-38-41-19-17-35(43-38)33-10-7-18-40-25-33)42-37(47)32-14-12-30(13-15-32)26-45-20-22-46(3,23-21-45)27-49-39(48)50-29(2)31-8-5-4-6-9-31;2*1-2/h4-16,18-19,24-25,29,35,38,43-44H,17,20-23,26-27H2,1-3H3;2*1-2H3/p+1. The summed E-state index contributed by atoms with van der Waals surface area (Å²) in [5, 5.41) is 10.0. The number of pyridine rings is 1. The van der Waals surface area contributed by atoms with Crippen LogP contribution in [-0.4, -0.2) is 78.9 Å². The molecule has 3 aromatic carbocycles. The van der Waals surface area contributed by atoms with Crippen molar-refractivity contribution in [2.75, 3.05) is 50.6 Å². The van der Waals surface area contributed by atoms with E-state index in [9.17, 15) is 9.59 Å². The Kier molecular flexibility index (Phi) is 16.2. The number of piperazine rings is 1. The van der Waals surface area contributed by atoms with E-state index in [0.717, 1.165) is 67.1 Å². The maximum Gasteiger partial charge on any atom is 0.513 e. The van der Waals surface area contributed by atoms with Gasteiger partial charge in [-0.15, -0.1) is 0 Å². The largest absolute Gasteiger partial charge is 0.513 e. The van der Waals surface area contributed by atoms with Crippen molar-refractivity contribution >= 4 is 29.7 Å². The summed E-state index contributed by atoms with van der Waals surface area (Å²) in [6.07, 6.45) is 5.06. The number of rotatable bonds is 11. The highest BCUT2D eigenvalue weighted by Crippen LogP contribution is 2.25. The summed E-state index contributed by atoms with van der Waals surface area (Å²) in [5.41, 5.74) is 6.42. The van der Waals surface area contributed by atoms with Crippen molar-refractivity contribution in [1.29, 1.82) is 0 Å². The lowest BCUT2D eigenvalue weighted by molar-refractivity contribution is -0.929. The minimum Gasteiger partial charge on any atom is -0.426 e. The molecule has 4 aromatic rings. The molecule has 6 rings (SSSR count). The lowest BCUT2D eigenvalue weighted by atomic mass is 10.1. The number of nitrogens with one attached hydrogen (secondary N) is 3. The van der Waals surface area contributed by atoms with Gasteiger partial charge in [-0.2, -0.15) is 0 Å². The molecule has 11 heteroatoms. The SMILES string of the molecule is CC.CC.Cc1ccc(NC(=O)c2ccc(CN3CC[N+](C)(COC(=O)OC(C)c4ccccc4)CC3)cc2)cc1NC1N=CCC(c2cccnc2)N1. The quantitative estimate of drug-likeness (QED) is 0.104. The van der Waals surface area contributed by atoms with E-state index in [-0.39, 0.29) is 31.1 Å². The van der Waals surface area contributed by atoms with Gasteiger partial charge in [-0.1, -0.05) is 82.3 Å². The highest BCUT2D eigenvalue weighted by molar-refractivity contribution is 6.04. The minimum absolute atomic E-state index is 0.117. The number of anilines is 2. The molecule has 2 aliphatic heterocycles. The Morgan fingerprint density at radius 1 is 0.963 bits per heavy atom. The number of likely N-dealkylation sites (N-methyl/N-ethyl adjacent to an activating group) is 1. The van der Waals surface area contributed by atoms with E-state index in [1.54, 1.807) is 6.20 Å². The number of aromatic nitrogens is 1. The molecule has 0 saturated carbocycles. The monoisotopic (exact) mass is 736 g/mol. The Hall–Kier alpha value is -5.10. The number of hydrogen-bond donors (Lipinski definition) is 3. The molecule has 1 saturated heterocycles. The summed E-state index contributed by atoms with van der Waals surface area (Å²) in [6.45, 7) is 16.4. The number of carbonyl (C=O) groups is 2. The van der Waals surface area contributed by atoms with Gasteiger partial charge in [0.1, 0.15) is 6.10 Å². The van der Waals surface area contributed by atoms with Crippen LogP contribution in [0.1, 0.15) is 85.8 Å². The zero-order valence-electron chi connectivity index (χ0n) is 32.9. The van der Waals surface area contributed by atoms with Crippen molar-refractivity contribution in [1.82, 2.24) is 15.2 Å². The second-order valence-corrected chi connectivity index (χ2v) is 13.3. The molecular weight excluding hydrogens is 679 g/mol. The topological polar surface area (TPSA) is 117 Å². The Bertz CT molecular complexity index is 1760. The summed E-state index contributed by atoms with van der Waals surface area (Å²) in [7, 11) is 2.10. The Balaban J connectivity index is 0.00000157. The average Bonchev–Trinajstić information content (AvgIpc) is 3.22. The van der Waals surface area contributed by atoms with E-state index in [4.69, 9.17) is 9.47 Å². The number of amides is 1. The first-order chi connectivity index (χ1) is 26.2. The summed E-state index contributed by atoms with van der Waals surface area (Å²) in [6, 6.07) is 27.3. The van der Waals surface area contributed by atoms with Crippen LogP contribution >= 0.6 is 0 Å². The number of aliphatic imine (C=N–C) groups is 1. The molecule has 1 fully saturated rings. The number of benzene rings is 3. The van der Waals surface area contributed by atoms with Crippen molar-refractivity contribution in [3.8, 4) is 0 Å². The third kappa shape index (κ3) is 12.2. The van der Waals surface area contributed by atoms with Crippen molar-refractivity contribution in [3.05, 3.63) is 125 Å². The summed E-state index contributed by atoms with van der Waals surface area (Å²) < 4.78 is 11.6. The average molecular weight is 737 g/mol. The van der Waals surface area contributed by atoms with Gasteiger partial charge in [0.15, 0.2) is 6.29 Å². The first kappa shape index (κ1) is 41.7. The highest BCUT2D eigenvalue weighted by atomic mass is 16.7. The molecule has 0 radical (unpaired) electrons. The van der Waals surface area contributed by atoms with Crippen LogP contribution in [0.3, 0.4) is 0 Å². The fourth-order valence-electron chi connectivity index (χ4n) is 6.15. The van der Waals surface area contributed by atoms with Crippen LogP contribution in [0.25, 0.3) is 0 Å². The fraction of sp³-hybridized carbons (Fsp3) is 0.395. The molecule has 3 heterocycles. The van der Waals surface area contributed by atoms with Gasteiger partial charge in [-0.25, -0.2) is 4.79 Å². The smallest absolute Gasteiger partial charge is 0.426 e. The van der Waals surface area contributed by atoms with Crippen LogP contribution in [-0.2, 0) is 16.0 Å². The molecule has 0 aliphatic carbocycles. The van der Waals surface area contributed by atoms with Gasteiger partial charge >= 0.3 is 6.16 Å². The Morgan fingerprint density at radius 2 is 1.69 bits per heavy atom. The number of hydrogen-bond acceptors (Lipinski definition) is 9. The summed E-state index contributed by atoms with van der Waals surface area (Å²) in [4.78, 5) is 36.7. The molecule has 1 aromatic heterocycles. The van der Waals surface area contributed by atoms with Gasteiger partial charge in [-0.3, -0.25) is 29.5 Å². The van der Waals surface area contributed by atoms with Gasteiger partial charge in [0, 0.05) is 67.6 Å². The second kappa shape index (κ2) is 21.0. The molecule has 11 nitrogen and oxygen atoms in total. The van der Waals surface area contributed by atoms with E-state index < -0.39 is 6.16 Å². The number of aryl methyl sites for hydroxylation is 1. The van der Waals surface area contributed by atoms with Crippen molar-refractivity contribution in [3.63, 3.8) is 0 Å². The van der Waals surface area contributed by atoms with E-state index in [2.05, 4.69) is 43.9 Å². The molecule has 0 spiro atoms. The normalized spacial score (nSPS) is 18.1. The van der Waals surface area contributed by atoms with Crippen molar-refractivity contribution in [2.45, 2.75) is 72.9 Å². The molecule has 3 atom stereocenters. The maximum atomic E-state index is 13.2. The van der Waals surface area contributed by atoms with Crippen LogP contribution in [0.4, 0.5) is 16.2 Å². The van der Waals surface area contributed by atoms with Gasteiger partial charge in [0.05, 0.1) is 20.1 Å². The fourth-order valence-corrected chi connectivity index (χ4v) is 6.15. The predicted octanol–water partition coefficient (Wildman–Crippen LogP) is 8.33. The molecule has 288 valence electrons. The predicted molar refractivity (Wildman–Crippen MR) is 217 cm³/mol. The number of ether oxygens (including phenoxy) is 2. The minimum atomic E-state index is -0.645. The van der Waals surface area contributed by atoms with Crippen LogP contribution in [0.15, 0.2) is 102 Å². The molecule has 0 bridgehead atoms. The molecule has 3 unspecified atom stereocenters. The number of carbonyl (C=O) groups excluding carboxylic acids is 2. The van der Waals surface area contributed by atoms with E-state index >= 15 is 0 Å². The number of quaternary nitrogens is 1. The van der Waals surface area contributed by atoms with E-state index in [1.165, 1.54) is 0 Å². The highest BCUT2D eigenvalue weighted by Gasteiger charge is 2.30. The van der Waals surface area contributed by atoms with Gasteiger partial charge in [0.25, 0.3) is 5.91 Å². The summed E-state index contributed by atoms with van der Waals surface area (Å²) >= 11 is 0. The van der Waals surface area contributed by atoms with Gasteiger partial charge in [0.2, 0.25) is 6.73 Å². The van der Waals surface area contributed by atoms with Crippen LogP contribution in [0, 0.1) is 6.92 Å². The van der Waals surface area contributed by atoms with Crippen molar-refractivity contribution in [2.24, 2.45) is 4.99 Å². The Labute approximate surface area is 321 Å². The lowest BCUT2D eigenvalue weighted by Gasteiger charge is -2.41. The first-order valence-electron chi connectivity index (χ1n) is 19.1. The third-order valence-electron chi connectivity index (χ3n) is 9.40. The molecule has 3 N–H and O–H groups in total. The van der Waals surface area contributed by atoms with Gasteiger partial charge < -0.3 is 20.1 Å². The second-order valence-electron chi connectivity index (χ2n) is 13.3. The van der Waals surface area contributed by atoms with Crippen LogP contribution < -0.4 is 16.0 Å². The Morgan fingerprint density at radius 3 is 2.37 bits per heavy atom. The zero-order valence-corrected chi connectivity index (χ0v) is 32.9.